The zero-order chi connectivity index (χ0) is 21.5. The summed E-state index contributed by atoms with van der Waals surface area (Å²) in [5, 5.41) is 0. The molecule has 3 nitrogen and oxygen atoms in total. The first-order valence-corrected chi connectivity index (χ1v) is 9.78. The van der Waals surface area contributed by atoms with Gasteiger partial charge in [0.1, 0.15) is 11.5 Å². The minimum atomic E-state index is -0.403. The Labute approximate surface area is 179 Å². The van der Waals surface area contributed by atoms with E-state index in [0.29, 0.717) is 24.7 Å². The van der Waals surface area contributed by atoms with Gasteiger partial charge in [-0.15, -0.1) is 0 Å². The molecule has 5 heteroatoms. The van der Waals surface area contributed by atoms with Gasteiger partial charge in [-0.05, 0) is 59.7 Å². The second-order valence-electron chi connectivity index (χ2n) is 6.85. The summed E-state index contributed by atoms with van der Waals surface area (Å²) in [4.78, 5) is 0. The van der Waals surface area contributed by atoms with Crippen LogP contribution in [0.1, 0.15) is 11.1 Å². The van der Waals surface area contributed by atoms with Crippen LogP contribution in [0.25, 0.3) is 0 Å². The Morgan fingerprint density at radius 1 is 0.484 bits per heavy atom. The van der Waals surface area contributed by atoms with Crippen LogP contribution >= 0.6 is 0 Å². The number of halogens is 2. The zero-order valence-corrected chi connectivity index (χ0v) is 16.6. The van der Waals surface area contributed by atoms with Crippen molar-refractivity contribution < 1.29 is 23.0 Å². The Morgan fingerprint density at radius 3 is 1.26 bits per heavy atom. The molecule has 0 fully saturated rings. The molecule has 0 aliphatic rings. The molecular formula is C26H20F2O3. The van der Waals surface area contributed by atoms with Crippen LogP contribution in [-0.4, -0.2) is 0 Å². The summed E-state index contributed by atoms with van der Waals surface area (Å²) in [7, 11) is 0. The van der Waals surface area contributed by atoms with Crippen molar-refractivity contribution in [2.45, 2.75) is 13.2 Å². The Hall–Kier alpha value is -3.70. The van der Waals surface area contributed by atoms with E-state index in [2.05, 4.69) is 0 Å². The fourth-order valence-corrected chi connectivity index (χ4v) is 2.90. The summed E-state index contributed by atoms with van der Waals surface area (Å²) in [6, 6.07) is 27.2. The third-order valence-corrected chi connectivity index (χ3v) is 4.51. The van der Waals surface area contributed by atoms with E-state index in [0.717, 1.165) is 11.1 Å². The molecule has 0 amide bonds. The van der Waals surface area contributed by atoms with Gasteiger partial charge in [-0.3, -0.25) is 0 Å². The summed E-state index contributed by atoms with van der Waals surface area (Å²) in [5.41, 5.74) is 1.95. The van der Waals surface area contributed by atoms with Gasteiger partial charge in [0.15, 0.2) is 23.1 Å². The minimum Gasteiger partial charge on any atom is -0.454 e. The van der Waals surface area contributed by atoms with Crippen molar-refractivity contribution >= 4 is 0 Å². The standard InChI is InChI=1S/C26H20F2O3/c27-23-5-1-3-7-25(23)30-21-13-9-19(10-14-21)17-29-18-20-11-15-22(16-12-20)31-26-8-4-2-6-24(26)28/h1-16H,17-18H2. The molecule has 0 aliphatic heterocycles. The summed E-state index contributed by atoms with van der Waals surface area (Å²) in [6.07, 6.45) is 0. The lowest BCUT2D eigenvalue weighted by Crippen LogP contribution is -1.95. The molecule has 0 unspecified atom stereocenters. The first kappa shape index (κ1) is 20.6. The molecule has 4 rings (SSSR count). The normalized spacial score (nSPS) is 10.6. The predicted molar refractivity (Wildman–Crippen MR) is 114 cm³/mol. The van der Waals surface area contributed by atoms with Crippen LogP contribution in [0.15, 0.2) is 97.1 Å². The summed E-state index contributed by atoms with van der Waals surface area (Å²) < 4.78 is 44.2. The highest BCUT2D eigenvalue weighted by Crippen LogP contribution is 2.26. The van der Waals surface area contributed by atoms with Crippen molar-refractivity contribution in [1.82, 2.24) is 0 Å². The maximum atomic E-state index is 13.7. The molecule has 0 N–H and O–H groups in total. The Bertz CT molecular complexity index is 1030. The van der Waals surface area contributed by atoms with Gasteiger partial charge in [-0.2, -0.15) is 0 Å². The number of hydrogen-bond donors (Lipinski definition) is 0. The fraction of sp³-hybridized carbons (Fsp3) is 0.0769. The van der Waals surface area contributed by atoms with Crippen LogP contribution in [0.5, 0.6) is 23.0 Å². The molecule has 4 aromatic carbocycles. The second-order valence-corrected chi connectivity index (χ2v) is 6.85. The minimum absolute atomic E-state index is 0.189. The lowest BCUT2D eigenvalue weighted by atomic mass is 10.2. The third-order valence-electron chi connectivity index (χ3n) is 4.51. The quantitative estimate of drug-likeness (QED) is 0.301. The molecule has 0 saturated heterocycles. The fourth-order valence-electron chi connectivity index (χ4n) is 2.90. The van der Waals surface area contributed by atoms with E-state index in [4.69, 9.17) is 14.2 Å². The highest BCUT2D eigenvalue weighted by Gasteiger charge is 2.05. The van der Waals surface area contributed by atoms with Crippen LogP contribution in [0, 0.1) is 11.6 Å². The average molecular weight is 418 g/mol. The van der Waals surface area contributed by atoms with Crippen molar-refractivity contribution in [3.05, 3.63) is 120 Å². The van der Waals surface area contributed by atoms with Crippen molar-refractivity contribution in [3.8, 4) is 23.0 Å². The molecule has 0 bridgehead atoms. The monoisotopic (exact) mass is 418 g/mol. The van der Waals surface area contributed by atoms with Crippen LogP contribution < -0.4 is 9.47 Å². The van der Waals surface area contributed by atoms with Crippen molar-refractivity contribution in [2.75, 3.05) is 0 Å². The molecule has 0 heterocycles. The van der Waals surface area contributed by atoms with Gasteiger partial charge in [0.05, 0.1) is 13.2 Å². The maximum Gasteiger partial charge on any atom is 0.165 e. The van der Waals surface area contributed by atoms with Crippen molar-refractivity contribution in [2.24, 2.45) is 0 Å². The van der Waals surface area contributed by atoms with Gasteiger partial charge in [-0.1, -0.05) is 48.5 Å². The molecule has 0 spiro atoms. The van der Waals surface area contributed by atoms with Gasteiger partial charge < -0.3 is 14.2 Å². The van der Waals surface area contributed by atoms with Crippen LogP contribution in [0.3, 0.4) is 0 Å². The van der Waals surface area contributed by atoms with E-state index < -0.39 is 11.6 Å². The molecule has 0 saturated carbocycles. The summed E-state index contributed by atoms with van der Waals surface area (Å²) in [6.45, 7) is 0.848. The van der Waals surface area contributed by atoms with Crippen LogP contribution in [0.4, 0.5) is 8.78 Å². The molecule has 0 aromatic heterocycles. The molecule has 0 radical (unpaired) electrons. The first-order valence-electron chi connectivity index (χ1n) is 9.78. The highest BCUT2D eigenvalue weighted by atomic mass is 19.1. The second kappa shape index (κ2) is 9.87. The van der Waals surface area contributed by atoms with Crippen LogP contribution in [-0.2, 0) is 18.0 Å². The Kier molecular flexibility index (Phi) is 6.55. The SMILES string of the molecule is Fc1ccccc1Oc1ccc(COCc2ccc(Oc3ccccc3F)cc2)cc1. The average Bonchev–Trinajstić information content (AvgIpc) is 2.79. The predicted octanol–water partition coefficient (Wildman–Crippen LogP) is 7.27. The smallest absolute Gasteiger partial charge is 0.165 e. The summed E-state index contributed by atoms with van der Waals surface area (Å²) in [5.74, 6) is 0.682. The van der Waals surface area contributed by atoms with E-state index in [-0.39, 0.29) is 11.5 Å². The highest BCUT2D eigenvalue weighted by molar-refractivity contribution is 5.35. The lowest BCUT2D eigenvalue weighted by molar-refractivity contribution is 0.107. The van der Waals surface area contributed by atoms with E-state index in [1.807, 2.05) is 24.3 Å². The number of rotatable bonds is 8. The molecule has 156 valence electrons. The zero-order valence-electron chi connectivity index (χ0n) is 16.6. The van der Waals surface area contributed by atoms with E-state index in [1.54, 1.807) is 60.7 Å². The molecule has 31 heavy (non-hydrogen) atoms. The number of ether oxygens (including phenoxy) is 3. The molecule has 0 aliphatic carbocycles. The Balaban J connectivity index is 1.26. The largest absolute Gasteiger partial charge is 0.454 e. The van der Waals surface area contributed by atoms with E-state index in [9.17, 15) is 8.78 Å². The number of hydrogen-bond acceptors (Lipinski definition) is 3. The molecule has 0 atom stereocenters. The summed E-state index contributed by atoms with van der Waals surface area (Å²) >= 11 is 0. The van der Waals surface area contributed by atoms with Gasteiger partial charge in [-0.25, -0.2) is 8.78 Å². The van der Waals surface area contributed by atoms with Gasteiger partial charge in [0.25, 0.3) is 0 Å². The van der Waals surface area contributed by atoms with Crippen molar-refractivity contribution in [1.29, 1.82) is 0 Å². The van der Waals surface area contributed by atoms with E-state index >= 15 is 0 Å². The number of benzene rings is 4. The molecular weight excluding hydrogens is 398 g/mol. The van der Waals surface area contributed by atoms with Crippen LogP contribution in [0.2, 0.25) is 0 Å². The van der Waals surface area contributed by atoms with Gasteiger partial charge >= 0.3 is 0 Å². The first-order chi connectivity index (χ1) is 15.2. The molecule has 4 aromatic rings. The Morgan fingerprint density at radius 2 is 0.871 bits per heavy atom. The van der Waals surface area contributed by atoms with Crippen molar-refractivity contribution in [3.63, 3.8) is 0 Å². The maximum absolute atomic E-state index is 13.7. The van der Waals surface area contributed by atoms with Gasteiger partial charge in [0, 0.05) is 0 Å². The van der Waals surface area contributed by atoms with E-state index in [1.165, 1.54) is 12.1 Å². The number of para-hydroxylation sites is 2. The topological polar surface area (TPSA) is 27.7 Å². The van der Waals surface area contributed by atoms with Gasteiger partial charge in [0.2, 0.25) is 0 Å². The third kappa shape index (κ3) is 5.68. The lowest BCUT2D eigenvalue weighted by Gasteiger charge is -2.09.